The second-order valence-electron chi connectivity index (χ2n) is 1.82. The summed E-state index contributed by atoms with van der Waals surface area (Å²) < 4.78 is -1.17. The van der Waals surface area contributed by atoms with Crippen LogP contribution in [-0.2, 0) is 0 Å². The third-order valence-corrected chi connectivity index (χ3v) is 1.46. The van der Waals surface area contributed by atoms with Crippen molar-refractivity contribution in [1.29, 1.82) is 0 Å². The highest BCUT2D eigenvalue weighted by atomic mass is 35.5. The Morgan fingerprint density at radius 1 is 1.10 bits per heavy atom. The average molecular weight is 179 g/mol. The van der Waals surface area contributed by atoms with Crippen molar-refractivity contribution in [1.82, 2.24) is 3.68 Å². The Balaban J connectivity index is 2.97. The van der Waals surface area contributed by atoms with Crippen molar-refractivity contribution < 1.29 is 5.21 Å². The zero-order chi connectivity index (χ0) is 7.61. The van der Waals surface area contributed by atoms with Crippen LogP contribution in [0.3, 0.4) is 0 Å². The highest BCUT2D eigenvalue weighted by molar-refractivity contribution is 6.42. The average Bonchev–Trinajstić information content (AvgIpc) is 1.88. The van der Waals surface area contributed by atoms with E-state index in [2.05, 4.69) is 0 Å². The van der Waals surface area contributed by atoms with Crippen LogP contribution in [-0.4, -0.2) is 5.21 Å². The van der Waals surface area contributed by atoms with Crippen molar-refractivity contribution in [3.8, 4) is 0 Å². The number of benzene rings is 1. The molecule has 10 heavy (non-hydrogen) atoms. The quantitative estimate of drug-likeness (QED) is 0.519. The van der Waals surface area contributed by atoms with Crippen LogP contribution < -0.4 is 3.68 Å². The first kappa shape index (κ1) is 7.82. The minimum atomic E-state index is -1.17. The SMILES string of the molecule is O[N+](Cl)(Cl)c1ccccc1. The van der Waals surface area contributed by atoms with E-state index in [1.807, 2.05) is 6.07 Å². The zero-order valence-electron chi connectivity index (χ0n) is 5.04. The van der Waals surface area contributed by atoms with Gasteiger partial charge in [0, 0.05) is 15.8 Å². The molecule has 0 heterocycles. The van der Waals surface area contributed by atoms with Crippen molar-refractivity contribution >= 4 is 29.2 Å². The van der Waals surface area contributed by atoms with Gasteiger partial charge >= 0.3 is 0 Å². The topological polar surface area (TPSA) is 20.2 Å². The van der Waals surface area contributed by atoms with Crippen molar-refractivity contribution in [2.24, 2.45) is 0 Å². The Hall–Kier alpha value is -0.280. The lowest BCUT2D eigenvalue weighted by molar-refractivity contribution is 0.107. The maximum Gasteiger partial charge on any atom is 0.233 e. The first-order chi connectivity index (χ1) is 4.61. The van der Waals surface area contributed by atoms with Gasteiger partial charge in [0.1, 0.15) is 0 Å². The number of rotatable bonds is 1. The Kier molecular flexibility index (Phi) is 2.16. The molecule has 1 rings (SSSR count). The van der Waals surface area contributed by atoms with E-state index < -0.39 is 3.68 Å². The molecule has 0 saturated carbocycles. The molecule has 4 heteroatoms. The first-order valence-corrected chi connectivity index (χ1v) is 3.35. The van der Waals surface area contributed by atoms with Crippen molar-refractivity contribution in [3.63, 3.8) is 0 Å². The highest BCUT2D eigenvalue weighted by Gasteiger charge is 2.24. The Morgan fingerprint density at radius 3 is 1.90 bits per heavy atom. The molecule has 1 N–H and O–H groups in total. The molecule has 0 unspecified atom stereocenters. The van der Waals surface area contributed by atoms with Crippen molar-refractivity contribution in [2.45, 2.75) is 0 Å². The maximum absolute atomic E-state index is 8.96. The molecule has 0 aliphatic heterocycles. The molecule has 0 amide bonds. The van der Waals surface area contributed by atoms with E-state index in [0.717, 1.165) is 0 Å². The molecule has 0 saturated heterocycles. The van der Waals surface area contributed by atoms with E-state index in [9.17, 15) is 0 Å². The van der Waals surface area contributed by atoms with E-state index in [1.54, 1.807) is 24.3 Å². The molecule has 0 radical (unpaired) electrons. The van der Waals surface area contributed by atoms with Gasteiger partial charge in [-0.3, -0.25) is 0 Å². The minimum absolute atomic E-state index is 0.422. The lowest BCUT2D eigenvalue weighted by atomic mass is 10.3. The van der Waals surface area contributed by atoms with Crippen LogP contribution in [0.4, 0.5) is 5.69 Å². The Morgan fingerprint density at radius 2 is 1.60 bits per heavy atom. The summed E-state index contributed by atoms with van der Waals surface area (Å²) in [7, 11) is 0. The lowest BCUT2D eigenvalue weighted by Crippen LogP contribution is -2.20. The third kappa shape index (κ3) is 1.85. The number of hydrogen-bond donors (Lipinski definition) is 1. The van der Waals surface area contributed by atoms with Crippen LogP contribution in [0.15, 0.2) is 30.3 Å². The predicted molar refractivity (Wildman–Crippen MR) is 41.7 cm³/mol. The number of para-hydroxylation sites is 1. The largest absolute Gasteiger partial charge is 0.233 e. The molecular weight excluding hydrogens is 173 g/mol. The summed E-state index contributed by atoms with van der Waals surface area (Å²) in [6.07, 6.45) is 0. The summed E-state index contributed by atoms with van der Waals surface area (Å²) in [4.78, 5) is 0. The van der Waals surface area contributed by atoms with Crippen LogP contribution in [0, 0.1) is 0 Å². The Labute approximate surface area is 69.0 Å². The van der Waals surface area contributed by atoms with Crippen molar-refractivity contribution in [2.75, 3.05) is 0 Å². The monoisotopic (exact) mass is 178 g/mol. The predicted octanol–water partition coefficient (Wildman–Crippen LogP) is 2.69. The molecule has 0 aliphatic carbocycles. The summed E-state index contributed by atoms with van der Waals surface area (Å²) in [6.45, 7) is 0. The van der Waals surface area contributed by atoms with Gasteiger partial charge in [-0.2, -0.15) is 5.21 Å². The van der Waals surface area contributed by atoms with Crippen LogP contribution in [0.2, 0.25) is 0 Å². The number of nitrogens with zero attached hydrogens (tertiary/aromatic N) is 1. The third-order valence-electron chi connectivity index (χ3n) is 1.07. The molecule has 1 aromatic rings. The first-order valence-electron chi connectivity index (χ1n) is 2.67. The maximum atomic E-state index is 8.96. The number of hydrogen-bond acceptors (Lipinski definition) is 1. The van der Waals surface area contributed by atoms with Crippen LogP contribution in [0.1, 0.15) is 0 Å². The summed E-state index contributed by atoms with van der Waals surface area (Å²) >= 11 is 10.6. The fourth-order valence-electron chi connectivity index (χ4n) is 0.607. The summed E-state index contributed by atoms with van der Waals surface area (Å²) in [5, 5.41) is 8.96. The van der Waals surface area contributed by atoms with E-state index in [-0.39, 0.29) is 0 Å². The van der Waals surface area contributed by atoms with Gasteiger partial charge in [-0.05, 0) is 0 Å². The molecule has 0 fully saturated rings. The molecule has 54 valence electrons. The van der Waals surface area contributed by atoms with Crippen LogP contribution in [0.25, 0.3) is 0 Å². The Bertz CT molecular complexity index is 207. The fourth-order valence-corrected chi connectivity index (χ4v) is 0.833. The van der Waals surface area contributed by atoms with Crippen LogP contribution in [0.5, 0.6) is 0 Å². The van der Waals surface area contributed by atoms with E-state index >= 15 is 0 Å². The van der Waals surface area contributed by atoms with Crippen LogP contribution >= 0.6 is 23.6 Å². The summed E-state index contributed by atoms with van der Waals surface area (Å²) in [6, 6.07) is 8.54. The second-order valence-corrected chi connectivity index (χ2v) is 2.97. The van der Waals surface area contributed by atoms with Crippen molar-refractivity contribution in [3.05, 3.63) is 30.3 Å². The summed E-state index contributed by atoms with van der Waals surface area (Å²) in [5.41, 5.74) is 0.422. The smallest absolute Gasteiger partial charge is 0.172 e. The zero-order valence-corrected chi connectivity index (χ0v) is 6.55. The molecule has 0 aliphatic rings. The van der Waals surface area contributed by atoms with Gasteiger partial charge in [0.25, 0.3) is 0 Å². The molecule has 0 bridgehead atoms. The molecule has 2 nitrogen and oxygen atoms in total. The van der Waals surface area contributed by atoms with Gasteiger partial charge in [0.15, 0.2) is 0 Å². The molecule has 1 aromatic carbocycles. The minimum Gasteiger partial charge on any atom is -0.172 e. The number of quaternary nitrogens is 1. The molecule has 0 spiro atoms. The highest BCUT2D eigenvalue weighted by Crippen LogP contribution is 2.25. The van der Waals surface area contributed by atoms with E-state index in [4.69, 9.17) is 28.8 Å². The molecule has 0 atom stereocenters. The normalized spacial score (nSPS) is 11.5. The molecular formula is C6H6Cl2NO+. The lowest BCUT2D eigenvalue weighted by Gasteiger charge is -2.06. The molecule has 0 aromatic heterocycles. The summed E-state index contributed by atoms with van der Waals surface area (Å²) in [5.74, 6) is 0. The second kappa shape index (κ2) is 2.76. The van der Waals surface area contributed by atoms with E-state index in [1.165, 1.54) is 0 Å². The van der Waals surface area contributed by atoms with Gasteiger partial charge in [-0.1, -0.05) is 18.2 Å². The van der Waals surface area contributed by atoms with Gasteiger partial charge in [-0.25, -0.2) is 0 Å². The number of halogens is 2. The fraction of sp³-hybridized carbons (Fsp3) is 0. The van der Waals surface area contributed by atoms with Gasteiger partial charge < -0.3 is 0 Å². The van der Waals surface area contributed by atoms with Gasteiger partial charge in [-0.15, -0.1) is 0 Å². The van der Waals surface area contributed by atoms with Gasteiger partial charge in [0.05, 0.1) is 0 Å². The standard InChI is InChI=1S/C6H6Cl2NO/c7-9(8,10)6-4-2-1-3-5-6/h1-5,10H/q+1. The van der Waals surface area contributed by atoms with E-state index in [0.29, 0.717) is 5.69 Å². The van der Waals surface area contributed by atoms with Gasteiger partial charge in [0.2, 0.25) is 29.2 Å².